The average Bonchev–Trinajstić information content (AvgIpc) is 2.93. The Morgan fingerprint density at radius 1 is 1.24 bits per heavy atom. The first-order valence-corrected chi connectivity index (χ1v) is 5.17. The smallest absolute Gasteiger partial charge is 0.151 e. The van der Waals surface area contributed by atoms with Gasteiger partial charge in [-0.15, -0.1) is 0 Å². The minimum absolute atomic E-state index is 0.0258. The van der Waals surface area contributed by atoms with Crippen LogP contribution in [0.1, 0.15) is 6.42 Å². The first-order valence-electron chi connectivity index (χ1n) is 5.17. The molecule has 1 heterocycles. The van der Waals surface area contributed by atoms with Gasteiger partial charge in [0.2, 0.25) is 0 Å². The quantitative estimate of drug-likeness (QED) is 0.278. The van der Waals surface area contributed by atoms with E-state index in [2.05, 4.69) is 5.48 Å². The minimum atomic E-state index is -1.79. The summed E-state index contributed by atoms with van der Waals surface area (Å²) >= 11 is 0. The molecule has 8 heteroatoms. The molecule has 1 fully saturated rings. The highest BCUT2D eigenvalue weighted by Crippen LogP contribution is 2.02. The molecule has 1 aliphatic heterocycles. The molecule has 8 nitrogen and oxygen atoms in total. The van der Waals surface area contributed by atoms with E-state index in [1.165, 1.54) is 6.42 Å². The maximum absolute atomic E-state index is 9.90. The fraction of sp³-hybridized carbons (Fsp3) is 0.889. The second kappa shape index (κ2) is 9.42. The molecule has 6 N–H and O–H groups in total. The van der Waals surface area contributed by atoms with E-state index in [1.807, 2.05) is 0 Å². The molecule has 1 aliphatic rings. The molecule has 0 bridgehead atoms. The molecular formula is C9H19NO7. The van der Waals surface area contributed by atoms with Gasteiger partial charge in [-0.1, -0.05) is 0 Å². The highest BCUT2D eigenvalue weighted by molar-refractivity contribution is 5.56. The van der Waals surface area contributed by atoms with Crippen LogP contribution in [0.25, 0.3) is 0 Å². The highest BCUT2D eigenvalue weighted by atomic mass is 16.6. The lowest BCUT2D eigenvalue weighted by atomic mass is 10.0. The lowest BCUT2D eigenvalue weighted by Crippen LogP contribution is -2.46. The summed E-state index contributed by atoms with van der Waals surface area (Å²) in [6.45, 7) is 1.16. The summed E-state index contributed by atoms with van der Waals surface area (Å²) < 4.78 is 0. The lowest BCUT2D eigenvalue weighted by molar-refractivity contribution is -0.136. The number of carbonyl (C=O) groups is 1. The SMILES string of the molecule is C1CNOC1.O=C[C@H](O)[C@H](O)[C@@H](O)[C@H](O)CO. The van der Waals surface area contributed by atoms with Crippen LogP contribution in [0.4, 0.5) is 0 Å². The maximum Gasteiger partial charge on any atom is 0.151 e. The average molecular weight is 253 g/mol. The monoisotopic (exact) mass is 253 g/mol. The van der Waals surface area contributed by atoms with E-state index < -0.39 is 31.0 Å². The summed E-state index contributed by atoms with van der Waals surface area (Å²) in [5.74, 6) is 0. The number of hydrogen-bond acceptors (Lipinski definition) is 8. The number of nitrogens with one attached hydrogen (secondary N) is 1. The molecule has 1 rings (SSSR count). The van der Waals surface area contributed by atoms with E-state index >= 15 is 0 Å². The Bertz CT molecular complexity index is 192. The molecule has 4 atom stereocenters. The second-order valence-corrected chi connectivity index (χ2v) is 3.45. The van der Waals surface area contributed by atoms with Crippen LogP contribution in [0, 0.1) is 0 Å². The highest BCUT2D eigenvalue weighted by Gasteiger charge is 2.29. The van der Waals surface area contributed by atoms with Gasteiger partial charge in [0.05, 0.1) is 13.2 Å². The van der Waals surface area contributed by atoms with Crippen molar-refractivity contribution >= 4 is 6.29 Å². The number of aliphatic hydroxyl groups is 5. The zero-order chi connectivity index (χ0) is 13.3. The van der Waals surface area contributed by atoms with Gasteiger partial charge in [0.1, 0.15) is 24.4 Å². The molecule has 0 spiro atoms. The van der Waals surface area contributed by atoms with E-state index in [9.17, 15) is 4.79 Å². The third kappa shape index (κ3) is 6.64. The van der Waals surface area contributed by atoms with Gasteiger partial charge in [-0.05, 0) is 6.42 Å². The van der Waals surface area contributed by atoms with Crippen molar-refractivity contribution in [3.05, 3.63) is 0 Å². The molecule has 102 valence electrons. The summed E-state index contributed by atoms with van der Waals surface area (Å²) in [6.07, 6.45) is -5.67. The first kappa shape index (κ1) is 16.4. The van der Waals surface area contributed by atoms with Crippen LogP contribution in [0.5, 0.6) is 0 Å². The van der Waals surface area contributed by atoms with Gasteiger partial charge in [0, 0.05) is 6.54 Å². The normalized spacial score (nSPS) is 21.9. The lowest BCUT2D eigenvalue weighted by Gasteiger charge is -2.22. The van der Waals surface area contributed by atoms with Crippen molar-refractivity contribution in [1.82, 2.24) is 5.48 Å². The van der Waals surface area contributed by atoms with Gasteiger partial charge in [-0.3, -0.25) is 0 Å². The third-order valence-corrected chi connectivity index (χ3v) is 2.05. The van der Waals surface area contributed by atoms with E-state index in [1.54, 1.807) is 0 Å². The van der Waals surface area contributed by atoms with Gasteiger partial charge >= 0.3 is 0 Å². The molecule has 0 amide bonds. The molecule has 1 saturated heterocycles. The second-order valence-electron chi connectivity index (χ2n) is 3.45. The van der Waals surface area contributed by atoms with E-state index in [0.717, 1.165) is 13.2 Å². The summed E-state index contributed by atoms with van der Waals surface area (Å²) in [5.41, 5.74) is 2.72. The number of rotatable bonds is 5. The van der Waals surface area contributed by atoms with Crippen molar-refractivity contribution in [2.24, 2.45) is 0 Å². The molecule has 0 aromatic rings. The Morgan fingerprint density at radius 3 is 2.18 bits per heavy atom. The van der Waals surface area contributed by atoms with Gasteiger partial charge in [-0.2, -0.15) is 0 Å². The summed E-state index contributed by atoms with van der Waals surface area (Å²) in [5, 5.41) is 43.5. The van der Waals surface area contributed by atoms with E-state index in [4.69, 9.17) is 30.4 Å². The van der Waals surface area contributed by atoms with Crippen LogP contribution in [0.3, 0.4) is 0 Å². The maximum atomic E-state index is 9.90. The fourth-order valence-corrected chi connectivity index (χ4v) is 0.979. The van der Waals surface area contributed by atoms with Crippen LogP contribution in [-0.2, 0) is 9.63 Å². The molecule has 0 radical (unpaired) electrons. The number of aldehydes is 1. The van der Waals surface area contributed by atoms with Crippen LogP contribution < -0.4 is 5.48 Å². The van der Waals surface area contributed by atoms with Crippen molar-refractivity contribution in [2.45, 2.75) is 30.8 Å². The van der Waals surface area contributed by atoms with E-state index in [0.29, 0.717) is 0 Å². The molecular weight excluding hydrogens is 234 g/mol. The van der Waals surface area contributed by atoms with Gasteiger partial charge in [0.15, 0.2) is 6.29 Å². The summed E-state index contributed by atoms with van der Waals surface area (Å²) in [4.78, 5) is 14.6. The fourth-order valence-electron chi connectivity index (χ4n) is 0.979. The Balaban J connectivity index is 0.000000419. The number of hydrogen-bond donors (Lipinski definition) is 6. The van der Waals surface area contributed by atoms with Crippen molar-refractivity contribution in [3.8, 4) is 0 Å². The van der Waals surface area contributed by atoms with Crippen molar-refractivity contribution < 1.29 is 35.2 Å². The third-order valence-electron chi connectivity index (χ3n) is 2.05. The van der Waals surface area contributed by atoms with Crippen LogP contribution in [0.2, 0.25) is 0 Å². The van der Waals surface area contributed by atoms with Crippen LogP contribution in [-0.4, -0.2) is 76.0 Å². The van der Waals surface area contributed by atoms with Gasteiger partial charge < -0.3 is 35.2 Å². The molecule has 0 saturated carbocycles. The molecule has 0 aromatic carbocycles. The van der Waals surface area contributed by atoms with Crippen molar-refractivity contribution in [3.63, 3.8) is 0 Å². The molecule has 0 unspecified atom stereocenters. The standard InChI is InChI=1S/C6H12O6.C3H7NO/c7-1-3(9)5(11)6(12)4(10)2-8;1-2-4-5-3-1/h1,3-6,8-12H,2H2;4H,1-3H2/t3-,4+,5-,6-;/m0./s1. The Labute approximate surface area is 98.4 Å². The predicted molar refractivity (Wildman–Crippen MR) is 55.7 cm³/mol. The van der Waals surface area contributed by atoms with E-state index in [-0.39, 0.29) is 6.29 Å². The molecule has 17 heavy (non-hydrogen) atoms. The van der Waals surface area contributed by atoms with Crippen LogP contribution >= 0.6 is 0 Å². The predicted octanol–water partition coefficient (Wildman–Crippen LogP) is -3.47. The minimum Gasteiger partial charge on any atom is -0.394 e. The van der Waals surface area contributed by atoms with Gasteiger partial charge in [0.25, 0.3) is 0 Å². The van der Waals surface area contributed by atoms with Gasteiger partial charge in [-0.25, -0.2) is 5.48 Å². The number of aliphatic hydroxyl groups excluding tert-OH is 5. The molecule has 0 aliphatic carbocycles. The summed E-state index contributed by atoms with van der Waals surface area (Å²) in [6, 6.07) is 0. The zero-order valence-electron chi connectivity index (χ0n) is 9.27. The van der Waals surface area contributed by atoms with Crippen LogP contribution in [0.15, 0.2) is 0 Å². The topological polar surface area (TPSA) is 139 Å². The Hall–Kier alpha value is -0.610. The first-order chi connectivity index (χ1) is 8.04. The zero-order valence-corrected chi connectivity index (χ0v) is 9.27. The number of carbonyl (C=O) groups excluding carboxylic acids is 1. The van der Waals surface area contributed by atoms with Crippen molar-refractivity contribution in [2.75, 3.05) is 19.8 Å². The molecule has 0 aromatic heterocycles. The summed E-state index contributed by atoms with van der Waals surface area (Å²) in [7, 11) is 0. The Kier molecular flexibility index (Phi) is 9.09. The van der Waals surface area contributed by atoms with Crippen molar-refractivity contribution in [1.29, 1.82) is 0 Å². The number of hydroxylamine groups is 1. The largest absolute Gasteiger partial charge is 0.394 e. The Morgan fingerprint density at radius 2 is 1.88 bits per heavy atom.